The summed E-state index contributed by atoms with van der Waals surface area (Å²) in [5.41, 5.74) is 5.81. The van der Waals surface area contributed by atoms with Crippen molar-refractivity contribution in [1.29, 1.82) is 0 Å². The molecule has 1 aliphatic rings. The molecule has 3 rings (SSSR count). The maximum Gasteiger partial charge on any atom is 0.358 e. The number of aromatic carboxylic acids is 1. The van der Waals surface area contributed by atoms with Crippen LogP contribution < -0.4 is 15.2 Å². The molecule has 0 radical (unpaired) electrons. The molecular formula is C13H14N4O4. The Morgan fingerprint density at radius 1 is 1.43 bits per heavy atom. The molecule has 8 heteroatoms. The Bertz CT molecular complexity index is 670. The van der Waals surface area contributed by atoms with Crippen LogP contribution in [0, 0.1) is 0 Å². The number of carboxylic acid groups (broad SMARTS) is 1. The Morgan fingerprint density at radius 2 is 2.19 bits per heavy atom. The minimum absolute atomic E-state index is 0.0405. The number of rotatable bonds is 4. The van der Waals surface area contributed by atoms with Crippen molar-refractivity contribution >= 4 is 5.97 Å². The van der Waals surface area contributed by atoms with Crippen molar-refractivity contribution in [1.82, 2.24) is 15.0 Å². The summed E-state index contributed by atoms with van der Waals surface area (Å²) in [5, 5.41) is 16.5. The number of aromatic nitrogens is 3. The van der Waals surface area contributed by atoms with Crippen molar-refractivity contribution in [2.45, 2.75) is 19.2 Å². The lowest BCUT2D eigenvalue weighted by atomic mass is 10.2. The number of hydrogen-bond donors (Lipinski definition) is 2. The topological polar surface area (TPSA) is 112 Å². The number of para-hydroxylation sites is 2. The Kier molecular flexibility index (Phi) is 3.44. The second-order valence-corrected chi connectivity index (χ2v) is 4.57. The van der Waals surface area contributed by atoms with E-state index in [1.807, 2.05) is 24.3 Å². The molecule has 2 heterocycles. The third-order valence-electron chi connectivity index (χ3n) is 3.18. The van der Waals surface area contributed by atoms with Crippen LogP contribution in [0.5, 0.6) is 11.5 Å². The summed E-state index contributed by atoms with van der Waals surface area (Å²) in [5.74, 6) is 0.201. The third kappa shape index (κ3) is 2.52. The monoisotopic (exact) mass is 290 g/mol. The average molecular weight is 290 g/mol. The van der Waals surface area contributed by atoms with Crippen LogP contribution in [0.4, 0.5) is 0 Å². The van der Waals surface area contributed by atoms with Gasteiger partial charge in [0.05, 0.1) is 12.2 Å². The standard InChI is InChI=1S/C13H14N4O4/c14-5-9-12(13(18)19)15-16-17(9)6-8-7-20-10-3-1-2-4-11(10)21-8/h1-4,8H,5-7,14H2,(H,18,19). The molecule has 0 saturated carbocycles. The highest BCUT2D eigenvalue weighted by atomic mass is 16.6. The summed E-state index contributed by atoms with van der Waals surface area (Å²) in [7, 11) is 0. The molecule has 21 heavy (non-hydrogen) atoms. The normalized spacial score (nSPS) is 16.7. The molecule has 1 atom stereocenters. The Hall–Kier alpha value is -2.61. The van der Waals surface area contributed by atoms with E-state index in [-0.39, 0.29) is 18.3 Å². The molecule has 1 unspecified atom stereocenters. The number of benzene rings is 1. The van der Waals surface area contributed by atoms with Gasteiger partial charge in [0.15, 0.2) is 23.3 Å². The summed E-state index contributed by atoms with van der Waals surface area (Å²) in [6.07, 6.45) is -0.284. The molecule has 1 aliphatic heterocycles. The van der Waals surface area contributed by atoms with Crippen LogP contribution in [0.2, 0.25) is 0 Å². The predicted octanol–water partition coefficient (Wildman–Crippen LogP) is 0.275. The third-order valence-corrected chi connectivity index (χ3v) is 3.18. The van der Waals surface area contributed by atoms with Crippen molar-refractivity contribution in [3.05, 3.63) is 35.7 Å². The molecule has 0 spiro atoms. The van der Waals surface area contributed by atoms with Crippen molar-refractivity contribution in [3.63, 3.8) is 0 Å². The summed E-state index contributed by atoms with van der Waals surface area (Å²) in [6, 6.07) is 7.36. The lowest BCUT2D eigenvalue weighted by Gasteiger charge is -2.26. The van der Waals surface area contributed by atoms with Crippen molar-refractivity contribution in [2.24, 2.45) is 5.73 Å². The number of carbonyl (C=O) groups is 1. The second-order valence-electron chi connectivity index (χ2n) is 4.57. The molecule has 8 nitrogen and oxygen atoms in total. The number of hydrogen-bond acceptors (Lipinski definition) is 6. The summed E-state index contributed by atoms with van der Waals surface area (Å²) in [6.45, 7) is 0.712. The average Bonchev–Trinajstić information content (AvgIpc) is 2.90. The van der Waals surface area contributed by atoms with Gasteiger partial charge >= 0.3 is 5.97 Å². The molecule has 0 amide bonds. The maximum atomic E-state index is 11.0. The van der Waals surface area contributed by atoms with Gasteiger partial charge in [-0.05, 0) is 12.1 Å². The highest BCUT2D eigenvalue weighted by Gasteiger charge is 2.24. The van der Waals surface area contributed by atoms with Gasteiger partial charge in [-0.1, -0.05) is 17.3 Å². The zero-order valence-corrected chi connectivity index (χ0v) is 11.1. The quantitative estimate of drug-likeness (QED) is 0.831. The minimum Gasteiger partial charge on any atom is -0.486 e. The summed E-state index contributed by atoms with van der Waals surface area (Å²) < 4.78 is 12.9. The van der Waals surface area contributed by atoms with Gasteiger partial charge in [0, 0.05) is 6.54 Å². The lowest BCUT2D eigenvalue weighted by molar-refractivity contribution is 0.0687. The summed E-state index contributed by atoms with van der Waals surface area (Å²) >= 11 is 0. The molecule has 2 aromatic rings. The highest BCUT2D eigenvalue weighted by Crippen LogP contribution is 2.31. The van der Waals surface area contributed by atoms with Gasteiger partial charge in [0.2, 0.25) is 0 Å². The van der Waals surface area contributed by atoms with E-state index in [0.717, 1.165) is 0 Å². The molecule has 110 valence electrons. The van der Waals surface area contributed by atoms with Crippen LogP contribution in [-0.2, 0) is 13.1 Å². The van der Waals surface area contributed by atoms with E-state index >= 15 is 0 Å². The number of nitrogens with zero attached hydrogens (tertiary/aromatic N) is 3. The predicted molar refractivity (Wildman–Crippen MR) is 71.2 cm³/mol. The molecule has 1 aromatic carbocycles. The van der Waals surface area contributed by atoms with Gasteiger partial charge < -0.3 is 20.3 Å². The molecule has 0 fully saturated rings. The van der Waals surface area contributed by atoms with Crippen LogP contribution in [-0.4, -0.2) is 38.8 Å². The van der Waals surface area contributed by atoms with E-state index in [1.54, 1.807) is 0 Å². The first-order chi connectivity index (χ1) is 10.2. The van der Waals surface area contributed by atoms with E-state index in [9.17, 15) is 4.79 Å². The number of fused-ring (bicyclic) bond motifs is 1. The zero-order valence-electron chi connectivity index (χ0n) is 11.1. The van der Waals surface area contributed by atoms with E-state index in [1.165, 1.54) is 4.68 Å². The van der Waals surface area contributed by atoms with Crippen LogP contribution in [0.3, 0.4) is 0 Å². The minimum atomic E-state index is -1.15. The van der Waals surface area contributed by atoms with Gasteiger partial charge in [0.1, 0.15) is 6.61 Å². The summed E-state index contributed by atoms with van der Waals surface area (Å²) in [4.78, 5) is 11.0. The van der Waals surface area contributed by atoms with Gasteiger partial charge in [-0.15, -0.1) is 5.10 Å². The van der Waals surface area contributed by atoms with Gasteiger partial charge in [-0.2, -0.15) is 0 Å². The Balaban J connectivity index is 1.78. The SMILES string of the molecule is NCc1c(C(=O)O)nnn1CC1COc2ccccc2O1. The molecular weight excluding hydrogens is 276 g/mol. The fraction of sp³-hybridized carbons (Fsp3) is 0.308. The zero-order chi connectivity index (χ0) is 14.8. The van der Waals surface area contributed by atoms with Crippen LogP contribution >= 0.6 is 0 Å². The number of carboxylic acids is 1. The van der Waals surface area contributed by atoms with Crippen LogP contribution in [0.1, 0.15) is 16.2 Å². The Labute approximate surface area is 120 Å². The smallest absolute Gasteiger partial charge is 0.358 e. The first-order valence-corrected chi connectivity index (χ1v) is 6.43. The van der Waals surface area contributed by atoms with Crippen molar-refractivity contribution in [3.8, 4) is 11.5 Å². The van der Waals surface area contributed by atoms with E-state index in [2.05, 4.69) is 10.3 Å². The van der Waals surface area contributed by atoms with Gasteiger partial charge in [-0.25, -0.2) is 9.48 Å². The molecule has 3 N–H and O–H groups in total. The molecule has 0 aliphatic carbocycles. The fourth-order valence-corrected chi connectivity index (χ4v) is 2.19. The second kappa shape index (κ2) is 5.41. The number of ether oxygens (including phenoxy) is 2. The van der Waals surface area contributed by atoms with Gasteiger partial charge in [-0.3, -0.25) is 0 Å². The first-order valence-electron chi connectivity index (χ1n) is 6.43. The fourth-order valence-electron chi connectivity index (χ4n) is 2.19. The maximum absolute atomic E-state index is 11.0. The van der Waals surface area contributed by atoms with Crippen molar-refractivity contribution < 1.29 is 19.4 Å². The largest absolute Gasteiger partial charge is 0.486 e. The lowest BCUT2D eigenvalue weighted by Crippen LogP contribution is -2.34. The molecule has 0 bridgehead atoms. The van der Waals surface area contributed by atoms with Crippen LogP contribution in [0.15, 0.2) is 24.3 Å². The van der Waals surface area contributed by atoms with Crippen molar-refractivity contribution in [2.75, 3.05) is 6.61 Å². The first kappa shape index (κ1) is 13.4. The van der Waals surface area contributed by atoms with E-state index in [4.69, 9.17) is 20.3 Å². The van der Waals surface area contributed by atoms with Crippen LogP contribution in [0.25, 0.3) is 0 Å². The number of nitrogens with two attached hydrogens (primary N) is 1. The van der Waals surface area contributed by atoms with E-state index in [0.29, 0.717) is 30.3 Å². The molecule has 0 saturated heterocycles. The molecule has 1 aromatic heterocycles. The van der Waals surface area contributed by atoms with Gasteiger partial charge in [0.25, 0.3) is 0 Å². The van der Waals surface area contributed by atoms with E-state index < -0.39 is 5.97 Å². The highest BCUT2D eigenvalue weighted by molar-refractivity contribution is 5.86. The Morgan fingerprint density at radius 3 is 2.90 bits per heavy atom.